The van der Waals surface area contributed by atoms with Crippen molar-refractivity contribution >= 4 is 11.7 Å². The highest BCUT2D eigenvalue weighted by molar-refractivity contribution is 6.01. The number of ether oxygens (including phenoxy) is 3. The first-order chi connectivity index (χ1) is 15.0. The van der Waals surface area contributed by atoms with E-state index in [0.29, 0.717) is 35.8 Å². The molecule has 2 aromatic rings. The molecule has 1 spiro atoms. The minimum atomic E-state index is -0.542. The van der Waals surface area contributed by atoms with Crippen LogP contribution in [0.15, 0.2) is 36.4 Å². The van der Waals surface area contributed by atoms with E-state index < -0.39 is 5.60 Å². The Morgan fingerprint density at radius 1 is 1.23 bits per heavy atom. The van der Waals surface area contributed by atoms with Crippen LogP contribution in [0.5, 0.6) is 17.2 Å². The van der Waals surface area contributed by atoms with Gasteiger partial charge in [-0.2, -0.15) is 0 Å². The number of fused-ring (bicyclic) bond motifs is 3. The van der Waals surface area contributed by atoms with E-state index in [0.717, 1.165) is 24.0 Å². The zero-order chi connectivity index (χ0) is 21.8. The first kappa shape index (κ1) is 19.9. The molecule has 0 saturated heterocycles. The van der Waals surface area contributed by atoms with Crippen molar-refractivity contribution in [2.75, 3.05) is 14.2 Å². The molecule has 4 atom stereocenters. The average molecular weight is 421 g/mol. The number of hydrogen-bond acceptors (Lipinski definition) is 5. The van der Waals surface area contributed by atoms with E-state index >= 15 is 0 Å². The zero-order valence-electron chi connectivity index (χ0n) is 18.1. The zero-order valence-corrected chi connectivity index (χ0v) is 18.1. The Bertz CT molecular complexity index is 1060. The molecule has 1 N–H and O–H groups in total. The number of nitrogens with one attached hydrogen (secondary N) is 1. The van der Waals surface area contributed by atoms with Gasteiger partial charge in [-0.15, -0.1) is 0 Å². The number of hydrogen-bond donors (Lipinski definition) is 1. The minimum Gasteiger partial charge on any atom is -0.493 e. The summed E-state index contributed by atoms with van der Waals surface area (Å²) in [4.78, 5) is 25.9. The van der Waals surface area contributed by atoms with Gasteiger partial charge in [0.25, 0.3) is 0 Å². The predicted molar refractivity (Wildman–Crippen MR) is 115 cm³/mol. The van der Waals surface area contributed by atoms with Gasteiger partial charge < -0.3 is 19.5 Å². The van der Waals surface area contributed by atoms with Crippen molar-refractivity contribution in [3.8, 4) is 17.2 Å². The third-order valence-corrected chi connectivity index (χ3v) is 7.13. The average Bonchev–Trinajstić information content (AvgIpc) is 3.42. The van der Waals surface area contributed by atoms with E-state index in [-0.39, 0.29) is 29.4 Å². The molecule has 1 heterocycles. The molecule has 2 aromatic carbocycles. The largest absolute Gasteiger partial charge is 0.493 e. The van der Waals surface area contributed by atoms with Crippen LogP contribution < -0.4 is 19.5 Å². The monoisotopic (exact) mass is 421 g/mol. The van der Waals surface area contributed by atoms with Crippen molar-refractivity contribution < 1.29 is 23.8 Å². The molecule has 2 fully saturated rings. The maximum Gasteiger partial charge on any atom is 0.224 e. The van der Waals surface area contributed by atoms with Crippen LogP contribution in [-0.4, -0.2) is 31.5 Å². The van der Waals surface area contributed by atoms with Crippen LogP contribution in [0.1, 0.15) is 40.7 Å². The van der Waals surface area contributed by atoms with Crippen LogP contribution in [0.4, 0.5) is 0 Å². The van der Waals surface area contributed by atoms with Crippen molar-refractivity contribution in [3.63, 3.8) is 0 Å². The van der Waals surface area contributed by atoms with Crippen molar-refractivity contribution in [3.05, 3.63) is 53.1 Å². The molecule has 0 radical (unpaired) electrons. The molecule has 1 amide bonds. The Kier molecular flexibility index (Phi) is 4.68. The first-order valence-electron chi connectivity index (χ1n) is 10.8. The first-order valence-corrected chi connectivity index (χ1v) is 10.8. The van der Waals surface area contributed by atoms with E-state index in [1.54, 1.807) is 14.2 Å². The number of amides is 1. The van der Waals surface area contributed by atoms with Gasteiger partial charge in [0.15, 0.2) is 17.3 Å². The van der Waals surface area contributed by atoms with E-state index in [9.17, 15) is 9.59 Å². The highest BCUT2D eigenvalue weighted by Crippen LogP contribution is 2.65. The van der Waals surface area contributed by atoms with Crippen molar-refractivity contribution in [1.82, 2.24) is 5.32 Å². The second-order valence-electron chi connectivity index (χ2n) is 8.89. The maximum absolute atomic E-state index is 13.0. The number of Topliss-reactive ketones (excluding diaryl/α,β-unsaturated/α-hetero) is 1. The van der Waals surface area contributed by atoms with E-state index in [4.69, 9.17) is 14.2 Å². The number of para-hydroxylation sites is 1. The van der Waals surface area contributed by atoms with Gasteiger partial charge in [0.05, 0.1) is 26.2 Å². The lowest BCUT2D eigenvalue weighted by atomic mass is 9.84. The lowest BCUT2D eigenvalue weighted by Gasteiger charge is -2.37. The van der Waals surface area contributed by atoms with Gasteiger partial charge in [-0.25, -0.2) is 0 Å². The van der Waals surface area contributed by atoms with Gasteiger partial charge in [-0.3, -0.25) is 9.59 Å². The third kappa shape index (κ3) is 3.16. The topological polar surface area (TPSA) is 73.9 Å². The number of methoxy groups -OCH3 is 2. The van der Waals surface area contributed by atoms with Gasteiger partial charge >= 0.3 is 0 Å². The maximum atomic E-state index is 13.0. The predicted octanol–water partition coefficient (Wildman–Crippen LogP) is 3.69. The standard InChI is InChI=1S/C25H27NO5/c1-14-7-8-19-17(11-14)18(27)12-25(31-19)10-9-16-21(22(16)25)24(28)26-13-15-5-4-6-20(29-2)23(15)30-3/h4-8,11,16,21-22H,9-10,12-13H2,1-3H3,(H,26,28)/t16-,21+,22-,25-/m0/s1. The SMILES string of the molecule is COc1cccc(CNC(=O)[C@@H]2[C@@H]3CC[C@]4(CC(=O)c5cc(C)ccc5O4)[C@@H]32)c1OC. The van der Waals surface area contributed by atoms with Gasteiger partial charge in [0.2, 0.25) is 5.91 Å². The summed E-state index contributed by atoms with van der Waals surface area (Å²) >= 11 is 0. The Balaban J connectivity index is 1.30. The number of carbonyl (C=O) groups is 2. The molecule has 162 valence electrons. The lowest BCUT2D eigenvalue weighted by molar-refractivity contribution is -0.124. The van der Waals surface area contributed by atoms with E-state index in [1.807, 2.05) is 43.3 Å². The fourth-order valence-corrected chi connectivity index (χ4v) is 5.68. The second-order valence-corrected chi connectivity index (χ2v) is 8.89. The van der Waals surface area contributed by atoms with Crippen LogP contribution in [0, 0.1) is 24.7 Å². The normalized spacial score (nSPS) is 27.8. The molecule has 3 aliphatic rings. The molecular formula is C25H27NO5. The molecule has 5 rings (SSSR count). The number of carbonyl (C=O) groups excluding carboxylic acids is 2. The van der Waals surface area contributed by atoms with Crippen LogP contribution in [0.2, 0.25) is 0 Å². The summed E-state index contributed by atoms with van der Waals surface area (Å²) in [7, 11) is 3.19. The molecule has 0 unspecified atom stereocenters. The summed E-state index contributed by atoms with van der Waals surface area (Å²) in [6.45, 7) is 2.34. The summed E-state index contributed by atoms with van der Waals surface area (Å²) in [5.41, 5.74) is 2.04. The number of rotatable bonds is 5. The summed E-state index contributed by atoms with van der Waals surface area (Å²) in [6, 6.07) is 11.4. The number of aryl methyl sites for hydroxylation is 1. The second kappa shape index (κ2) is 7.29. The Labute approximate surface area is 181 Å². The van der Waals surface area contributed by atoms with Crippen molar-refractivity contribution in [2.45, 2.75) is 38.3 Å². The molecule has 1 aliphatic heterocycles. The molecule has 0 bridgehead atoms. The lowest BCUT2D eigenvalue weighted by Crippen LogP contribution is -2.44. The quantitative estimate of drug-likeness (QED) is 0.797. The summed E-state index contributed by atoms with van der Waals surface area (Å²) < 4.78 is 17.2. The van der Waals surface area contributed by atoms with Gasteiger partial charge in [0, 0.05) is 23.9 Å². The fourth-order valence-electron chi connectivity index (χ4n) is 5.68. The molecule has 31 heavy (non-hydrogen) atoms. The Morgan fingerprint density at radius 3 is 2.84 bits per heavy atom. The Morgan fingerprint density at radius 2 is 2.06 bits per heavy atom. The smallest absolute Gasteiger partial charge is 0.224 e. The fraction of sp³-hybridized carbons (Fsp3) is 0.440. The minimum absolute atomic E-state index is 0.0182. The summed E-state index contributed by atoms with van der Waals surface area (Å²) in [5.74, 6) is 2.35. The summed E-state index contributed by atoms with van der Waals surface area (Å²) in [6.07, 6.45) is 2.10. The number of benzene rings is 2. The molecule has 6 heteroatoms. The van der Waals surface area contributed by atoms with E-state index in [2.05, 4.69) is 5.32 Å². The van der Waals surface area contributed by atoms with Crippen LogP contribution in [0.3, 0.4) is 0 Å². The van der Waals surface area contributed by atoms with Crippen molar-refractivity contribution in [1.29, 1.82) is 0 Å². The molecule has 6 nitrogen and oxygen atoms in total. The van der Waals surface area contributed by atoms with Crippen LogP contribution in [-0.2, 0) is 11.3 Å². The number of ketones is 1. The van der Waals surface area contributed by atoms with Crippen LogP contribution >= 0.6 is 0 Å². The van der Waals surface area contributed by atoms with Crippen LogP contribution in [0.25, 0.3) is 0 Å². The van der Waals surface area contributed by atoms with Gasteiger partial charge in [0.1, 0.15) is 11.4 Å². The van der Waals surface area contributed by atoms with E-state index in [1.165, 1.54) is 0 Å². The van der Waals surface area contributed by atoms with Gasteiger partial charge in [-0.05, 0) is 43.9 Å². The summed E-state index contributed by atoms with van der Waals surface area (Å²) in [5, 5.41) is 3.06. The van der Waals surface area contributed by atoms with Gasteiger partial charge in [-0.1, -0.05) is 23.8 Å². The molecular weight excluding hydrogens is 394 g/mol. The highest BCUT2D eigenvalue weighted by atomic mass is 16.5. The Hall–Kier alpha value is -3.02. The van der Waals surface area contributed by atoms with Crippen molar-refractivity contribution in [2.24, 2.45) is 17.8 Å². The third-order valence-electron chi connectivity index (χ3n) is 7.13. The molecule has 2 saturated carbocycles. The molecule has 2 aliphatic carbocycles. The molecule has 0 aromatic heterocycles. The highest BCUT2D eigenvalue weighted by Gasteiger charge is 2.70.